The van der Waals surface area contributed by atoms with Crippen LogP contribution in [-0.4, -0.2) is 33.0 Å². The molecule has 0 saturated heterocycles. The monoisotopic (exact) mass is 598 g/mol. The first-order valence-electron chi connectivity index (χ1n) is 15.4. The summed E-state index contributed by atoms with van der Waals surface area (Å²) in [5, 5.41) is 1.91. The van der Waals surface area contributed by atoms with Crippen LogP contribution in [0.15, 0.2) is 70.9 Å². The maximum Gasteiger partial charge on any atom is 0.0986 e. The van der Waals surface area contributed by atoms with Crippen LogP contribution in [0.2, 0.25) is 0 Å². The number of hydrogen-bond donors (Lipinski definition) is 2. The number of thiophene rings is 1. The number of nitrogens with one attached hydrogen (secondary N) is 2. The lowest BCUT2D eigenvalue weighted by Gasteiger charge is -2.16. The van der Waals surface area contributed by atoms with Gasteiger partial charge in [-0.2, -0.15) is 0 Å². The van der Waals surface area contributed by atoms with E-state index in [0.717, 1.165) is 61.1 Å². The molecule has 0 fully saturated rings. The van der Waals surface area contributed by atoms with Crippen molar-refractivity contribution in [2.75, 3.05) is 13.1 Å². The fourth-order valence-electron chi connectivity index (χ4n) is 6.12. The first-order chi connectivity index (χ1) is 21.1. The maximum absolute atomic E-state index is 5.02. The van der Waals surface area contributed by atoms with Gasteiger partial charge in [-0.25, -0.2) is 0 Å². The van der Waals surface area contributed by atoms with Crippen LogP contribution in [0, 0.1) is 13.8 Å². The van der Waals surface area contributed by atoms with Gasteiger partial charge in [-0.1, -0.05) is 40.7 Å². The number of aromatic nitrogens is 4. The Hall–Kier alpha value is -4.36. The first-order valence-corrected chi connectivity index (χ1v) is 16.2. The largest absolute Gasteiger partial charge is 0.358 e. The molecule has 1 aliphatic rings. The zero-order chi connectivity index (χ0) is 30.7. The highest BCUT2D eigenvalue weighted by Crippen LogP contribution is 2.40. The Morgan fingerprint density at radius 3 is 1.91 bits per heavy atom. The fraction of sp³-hybridized carbons (Fsp3) is 0.297. The lowest BCUT2D eigenvalue weighted by molar-refractivity contribution is 0.573. The van der Waals surface area contributed by atoms with E-state index < -0.39 is 0 Å². The molecule has 5 heterocycles. The molecule has 0 bridgehead atoms. The molecule has 1 aliphatic heterocycles. The van der Waals surface area contributed by atoms with Gasteiger partial charge in [-0.15, -0.1) is 11.3 Å². The first kappa shape index (κ1) is 28.4. The van der Waals surface area contributed by atoms with Crippen molar-refractivity contribution in [1.29, 1.82) is 0 Å². The van der Waals surface area contributed by atoms with Crippen LogP contribution >= 0.6 is 11.3 Å². The van der Waals surface area contributed by atoms with Gasteiger partial charge in [-0.05, 0) is 73.4 Å². The summed E-state index contributed by atoms with van der Waals surface area (Å²) in [6, 6.07) is 17.6. The third-order valence-corrected chi connectivity index (χ3v) is 10.2. The minimum Gasteiger partial charge on any atom is -0.358 e. The van der Waals surface area contributed by atoms with Gasteiger partial charge in [0.25, 0.3) is 0 Å². The predicted molar refractivity (Wildman–Crippen MR) is 182 cm³/mol. The van der Waals surface area contributed by atoms with E-state index in [2.05, 4.69) is 107 Å². The number of fused-ring (bicyclic) bond motifs is 2. The van der Waals surface area contributed by atoms with Crippen LogP contribution in [-0.2, 0) is 5.41 Å². The molecule has 6 aromatic rings. The summed E-state index contributed by atoms with van der Waals surface area (Å²) in [5.41, 5.74) is 13.0. The van der Waals surface area contributed by atoms with E-state index in [-0.39, 0.29) is 5.41 Å². The lowest BCUT2D eigenvalue weighted by atomic mass is 9.93. The molecule has 0 spiro atoms. The van der Waals surface area contributed by atoms with Gasteiger partial charge in [-0.3, -0.25) is 20.0 Å². The van der Waals surface area contributed by atoms with Crippen LogP contribution in [0.3, 0.4) is 0 Å². The summed E-state index contributed by atoms with van der Waals surface area (Å²) < 4.78 is 0. The molecular formula is C37H38N6S. The van der Waals surface area contributed by atoms with Crippen molar-refractivity contribution >= 4 is 22.4 Å². The molecular weight excluding hydrogens is 561 g/mol. The smallest absolute Gasteiger partial charge is 0.0986 e. The summed E-state index contributed by atoms with van der Waals surface area (Å²) in [6.45, 7) is 16.9. The third-order valence-electron chi connectivity index (χ3n) is 8.76. The molecule has 0 amide bonds. The highest BCUT2D eigenvalue weighted by molar-refractivity contribution is 7.15. The number of rotatable bonds is 5. The van der Waals surface area contributed by atoms with E-state index in [1.54, 1.807) is 12.4 Å². The second kappa shape index (κ2) is 10.7. The average molecular weight is 599 g/mol. The minimum absolute atomic E-state index is 0.0443. The number of H-pyrrole nitrogens is 2. The standard InChI is InChI=1S/C37H38N6S/c1-20(2)28-13-14-29(44-28)24-9-11-26(36-34(24)39-17-19-41-36)32-22(4)21(3)31(43-32)25-10-8-23(33-35(25)40-18-16-38-33)27-12-15-30(42-27)37(5,6)7/h8-15,17,19-20,42-43H,16,18H2,1-7H3. The molecule has 4 aromatic heterocycles. The van der Waals surface area contributed by atoms with Crippen LogP contribution in [0.25, 0.3) is 55.2 Å². The van der Waals surface area contributed by atoms with Crippen LogP contribution in [0.4, 0.5) is 0 Å². The fourth-order valence-corrected chi connectivity index (χ4v) is 7.16. The van der Waals surface area contributed by atoms with Crippen molar-refractivity contribution in [1.82, 2.24) is 19.9 Å². The summed E-state index contributed by atoms with van der Waals surface area (Å²) in [6.07, 6.45) is 3.58. The molecule has 222 valence electrons. The molecule has 2 aromatic carbocycles. The van der Waals surface area contributed by atoms with E-state index >= 15 is 0 Å². The SMILES string of the molecule is Cc1c(-c2ccc(-c3ccc(C(C)(C)C)[nH]3)c3c2=NCCN=3)[nH]c(-c2ccc(-c3ccc(C(C)C)s3)c3nccnc23)c1C. The second-order valence-corrected chi connectivity index (χ2v) is 14.2. The molecule has 0 saturated carbocycles. The maximum atomic E-state index is 5.02. The van der Waals surface area contributed by atoms with Gasteiger partial charge in [0.05, 0.1) is 46.2 Å². The Kier molecular flexibility index (Phi) is 6.89. The quantitative estimate of drug-likeness (QED) is 0.209. The van der Waals surface area contributed by atoms with E-state index in [0.29, 0.717) is 19.0 Å². The van der Waals surface area contributed by atoms with E-state index in [1.807, 2.05) is 11.3 Å². The van der Waals surface area contributed by atoms with E-state index in [1.165, 1.54) is 26.6 Å². The summed E-state index contributed by atoms with van der Waals surface area (Å²) in [7, 11) is 0. The normalized spacial score (nSPS) is 13.3. The van der Waals surface area contributed by atoms with Crippen molar-refractivity contribution in [2.45, 2.75) is 59.8 Å². The molecule has 0 radical (unpaired) electrons. The molecule has 0 unspecified atom stereocenters. The topological polar surface area (TPSA) is 82.1 Å². The molecule has 0 atom stereocenters. The number of hydrogen-bond acceptors (Lipinski definition) is 5. The summed E-state index contributed by atoms with van der Waals surface area (Å²) in [5.74, 6) is 0.497. The van der Waals surface area contributed by atoms with Gasteiger partial charge in [0.1, 0.15) is 0 Å². The summed E-state index contributed by atoms with van der Waals surface area (Å²) in [4.78, 5) is 29.8. The average Bonchev–Trinajstić information content (AvgIpc) is 3.77. The van der Waals surface area contributed by atoms with Crippen LogP contribution < -0.4 is 10.7 Å². The molecule has 44 heavy (non-hydrogen) atoms. The number of benzene rings is 2. The Morgan fingerprint density at radius 1 is 0.682 bits per heavy atom. The predicted octanol–water partition coefficient (Wildman–Crippen LogP) is 8.31. The van der Waals surface area contributed by atoms with Crippen LogP contribution in [0.1, 0.15) is 62.2 Å². The van der Waals surface area contributed by atoms with Gasteiger partial charge < -0.3 is 9.97 Å². The second-order valence-electron chi connectivity index (χ2n) is 13.1. The summed E-state index contributed by atoms with van der Waals surface area (Å²) >= 11 is 1.84. The van der Waals surface area contributed by atoms with Crippen molar-refractivity contribution < 1.29 is 0 Å². The molecule has 2 N–H and O–H groups in total. The Morgan fingerprint density at radius 2 is 1.27 bits per heavy atom. The van der Waals surface area contributed by atoms with E-state index in [4.69, 9.17) is 20.0 Å². The van der Waals surface area contributed by atoms with Gasteiger partial charge in [0.15, 0.2) is 0 Å². The zero-order valence-corrected chi connectivity index (χ0v) is 27.3. The molecule has 7 heteroatoms. The van der Waals surface area contributed by atoms with Crippen molar-refractivity contribution in [3.05, 3.63) is 93.3 Å². The lowest BCUT2D eigenvalue weighted by Crippen LogP contribution is -2.34. The molecule has 6 nitrogen and oxygen atoms in total. The van der Waals surface area contributed by atoms with Crippen LogP contribution in [0.5, 0.6) is 0 Å². The molecule has 7 rings (SSSR count). The van der Waals surface area contributed by atoms with Gasteiger partial charge >= 0.3 is 0 Å². The Labute approximate surface area is 262 Å². The van der Waals surface area contributed by atoms with Crippen molar-refractivity contribution in [3.63, 3.8) is 0 Å². The third kappa shape index (κ3) is 4.70. The Balaban J connectivity index is 1.36. The highest BCUT2D eigenvalue weighted by Gasteiger charge is 2.22. The van der Waals surface area contributed by atoms with Gasteiger partial charge in [0.2, 0.25) is 0 Å². The highest BCUT2D eigenvalue weighted by atomic mass is 32.1. The van der Waals surface area contributed by atoms with Crippen molar-refractivity contribution in [3.8, 4) is 44.2 Å². The minimum atomic E-state index is 0.0443. The number of aromatic amines is 2. The Bertz CT molecular complexity index is 2170. The van der Waals surface area contributed by atoms with Gasteiger partial charge in [0, 0.05) is 61.2 Å². The zero-order valence-electron chi connectivity index (χ0n) is 26.5. The van der Waals surface area contributed by atoms with Crippen molar-refractivity contribution in [2.24, 2.45) is 9.98 Å². The van der Waals surface area contributed by atoms with E-state index in [9.17, 15) is 0 Å². The number of nitrogens with zero attached hydrogens (tertiary/aromatic N) is 4. The molecule has 0 aliphatic carbocycles.